The van der Waals surface area contributed by atoms with Gasteiger partial charge in [0.15, 0.2) is 0 Å². The van der Waals surface area contributed by atoms with Crippen LogP contribution in [0.4, 0.5) is 0 Å². The zero-order valence-electron chi connectivity index (χ0n) is 12.6. The Labute approximate surface area is 132 Å². The minimum Gasteiger partial charge on any atom is -0.497 e. The Morgan fingerprint density at radius 1 is 1.50 bits per heavy atom. The van der Waals surface area contributed by atoms with Crippen LogP contribution >= 0.6 is 11.3 Å². The molecule has 118 valence electrons. The van der Waals surface area contributed by atoms with Gasteiger partial charge in [0.05, 0.1) is 30.7 Å². The van der Waals surface area contributed by atoms with Crippen LogP contribution in [0.25, 0.3) is 10.1 Å². The van der Waals surface area contributed by atoms with Crippen LogP contribution < -0.4 is 4.74 Å². The quantitative estimate of drug-likeness (QED) is 0.904. The molecule has 2 atom stereocenters. The minimum atomic E-state index is -0.559. The Kier molecular flexibility index (Phi) is 4.08. The summed E-state index contributed by atoms with van der Waals surface area (Å²) in [7, 11) is 1.62. The first-order valence-corrected chi connectivity index (χ1v) is 8.03. The molecule has 22 heavy (non-hydrogen) atoms. The molecule has 2 aromatic rings. The number of β-amino-alcohol motifs (C(OH)–C–C–N with tert-alkyl or cyclic N) is 1. The fourth-order valence-electron chi connectivity index (χ4n) is 2.98. The maximum atomic E-state index is 12.8. The van der Waals surface area contributed by atoms with Crippen molar-refractivity contribution in [3.8, 4) is 5.75 Å². The van der Waals surface area contributed by atoms with Crippen molar-refractivity contribution in [2.24, 2.45) is 0 Å². The third-order valence-corrected chi connectivity index (χ3v) is 5.46. The van der Waals surface area contributed by atoms with E-state index in [0.29, 0.717) is 11.3 Å². The Hall–Kier alpha value is -1.63. The molecule has 5 nitrogen and oxygen atoms in total. The molecule has 2 N–H and O–H groups in total. The van der Waals surface area contributed by atoms with Crippen LogP contribution in [0, 0.1) is 6.92 Å². The molecular weight excluding hydrogens is 302 g/mol. The van der Waals surface area contributed by atoms with Crippen LogP contribution in [0.1, 0.15) is 21.7 Å². The Bertz CT molecular complexity index is 711. The number of aryl methyl sites for hydroxylation is 1. The van der Waals surface area contributed by atoms with Gasteiger partial charge in [0.1, 0.15) is 5.75 Å². The summed E-state index contributed by atoms with van der Waals surface area (Å²) < 4.78 is 6.27. The van der Waals surface area contributed by atoms with E-state index in [1.165, 1.54) is 11.3 Å². The normalized spacial score (nSPS) is 21.5. The number of hydrogen-bond donors (Lipinski definition) is 2. The first-order valence-electron chi connectivity index (χ1n) is 7.22. The topological polar surface area (TPSA) is 70.0 Å². The number of hydrogen-bond acceptors (Lipinski definition) is 5. The van der Waals surface area contributed by atoms with Gasteiger partial charge in [0.25, 0.3) is 5.91 Å². The number of benzene rings is 1. The number of carbonyl (C=O) groups is 1. The van der Waals surface area contributed by atoms with Crippen molar-refractivity contribution in [3.05, 3.63) is 28.6 Å². The van der Waals surface area contributed by atoms with Crippen molar-refractivity contribution in [3.63, 3.8) is 0 Å². The molecule has 2 heterocycles. The number of aliphatic hydroxyl groups excluding tert-OH is 2. The van der Waals surface area contributed by atoms with Crippen molar-refractivity contribution in [2.45, 2.75) is 25.5 Å². The van der Waals surface area contributed by atoms with E-state index >= 15 is 0 Å². The lowest BCUT2D eigenvalue weighted by Crippen LogP contribution is -2.37. The Balaban J connectivity index is 1.99. The molecule has 3 rings (SSSR count). The van der Waals surface area contributed by atoms with E-state index in [9.17, 15) is 15.0 Å². The van der Waals surface area contributed by atoms with Gasteiger partial charge in [0, 0.05) is 11.2 Å². The molecule has 6 heteroatoms. The van der Waals surface area contributed by atoms with Gasteiger partial charge in [-0.05, 0) is 42.5 Å². The third-order valence-electron chi connectivity index (χ3n) is 4.20. The SMILES string of the molecule is COc1ccc2sc(C(=O)N3C[C@@H](O)C[C@H]3CO)c(C)c2c1. The number of ether oxygens (including phenoxy) is 1. The van der Waals surface area contributed by atoms with Crippen LogP contribution in [0.5, 0.6) is 5.75 Å². The molecule has 0 unspecified atom stereocenters. The second-order valence-electron chi connectivity index (χ2n) is 5.60. The number of carbonyl (C=O) groups excluding carboxylic acids is 1. The standard InChI is InChI=1S/C16H19NO4S/c1-9-13-6-12(21-2)3-4-14(13)22-15(9)16(20)17-7-11(19)5-10(17)8-18/h3-4,6,10-11,18-19H,5,7-8H2,1-2H3/t10-,11-/m0/s1. The highest BCUT2D eigenvalue weighted by atomic mass is 32.1. The zero-order valence-corrected chi connectivity index (χ0v) is 13.4. The second-order valence-corrected chi connectivity index (χ2v) is 6.65. The fourth-order valence-corrected chi connectivity index (χ4v) is 4.12. The Morgan fingerprint density at radius 2 is 2.27 bits per heavy atom. The summed E-state index contributed by atoms with van der Waals surface area (Å²) in [5.74, 6) is 0.644. The lowest BCUT2D eigenvalue weighted by Gasteiger charge is -2.22. The lowest BCUT2D eigenvalue weighted by atomic mass is 10.1. The molecule has 1 aliphatic heterocycles. The second kappa shape index (κ2) is 5.87. The molecule has 1 aromatic carbocycles. The van der Waals surface area contributed by atoms with Crippen LogP contribution in [-0.2, 0) is 0 Å². The smallest absolute Gasteiger partial charge is 0.264 e. The summed E-state index contributed by atoms with van der Waals surface area (Å²) in [6, 6.07) is 5.45. The van der Waals surface area contributed by atoms with Gasteiger partial charge < -0.3 is 19.8 Å². The predicted molar refractivity (Wildman–Crippen MR) is 85.6 cm³/mol. The highest BCUT2D eigenvalue weighted by Crippen LogP contribution is 2.35. The summed E-state index contributed by atoms with van der Waals surface area (Å²) in [5, 5.41) is 20.2. The summed E-state index contributed by atoms with van der Waals surface area (Å²) >= 11 is 1.44. The number of fused-ring (bicyclic) bond motifs is 1. The fraction of sp³-hybridized carbons (Fsp3) is 0.438. The van der Waals surface area contributed by atoms with Crippen molar-refractivity contribution >= 4 is 27.3 Å². The maximum Gasteiger partial charge on any atom is 0.264 e. The van der Waals surface area contributed by atoms with Crippen LogP contribution in [0.2, 0.25) is 0 Å². The zero-order chi connectivity index (χ0) is 15.9. The first-order chi connectivity index (χ1) is 10.5. The molecule has 0 bridgehead atoms. The number of amides is 1. The molecular formula is C16H19NO4S. The van der Waals surface area contributed by atoms with Gasteiger partial charge in [-0.1, -0.05) is 0 Å². The molecule has 1 aromatic heterocycles. The largest absolute Gasteiger partial charge is 0.497 e. The third kappa shape index (κ3) is 2.47. The maximum absolute atomic E-state index is 12.8. The van der Waals surface area contributed by atoms with Gasteiger partial charge in [-0.15, -0.1) is 11.3 Å². The molecule has 0 saturated carbocycles. The van der Waals surface area contributed by atoms with E-state index in [2.05, 4.69) is 0 Å². The minimum absolute atomic E-state index is 0.117. The van der Waals surface area contributed by atoms with Gasteiger partial charge in [-0.3, -0.25) is 4.79 Å². The van der Waals surface area contributed by atoms with Crippen molar-refractivity contribution in [2.75, 3.05) is 20.3 Å². The summed E-state index contributed by atoms with van der Waals surface area (Å²) in [6.07, 6.45) is -0.129. The number of thiophene rings is 1. The molecule has 1 fully saturated rings. The molecule has 0 radical (unpaired) electrons. The van der Waals surface area contributed by atoms with Crippen molar-refractivity contribution < 1.29 is 19.7 Å². The highest BCUT2D eigenvalue weighted by molar-refractivity contribution is 7.21. The first kappa shape index (κ1) is 15.3. The van der Waals surface area contributed by atoms with E-state index in [1.54, 1.807) is 12.0 Å². The number of aliphatic hydroxyl groups is 2. The number of methoxy groups -OCH3 is 1. The molecule has 1 aliphatic rings. The lowest BCUT2D eigenvalue weighted by molar-refractivity contribution is 0.0669. The number of nitrogens with zero attached hydrogens (tertiary/aromatic N) is 1. The van der Waals surface area contributed by atoms with E-state index in [-0.39, 0.29) is 25.1 Å². The molecule has 0 spiro atoms. The van der Waals surface area contributed by atoms with E-state index in [1.807, 2.05) is 25.1 Å². The van der Waals surface area contributed by atoms with Crippen LogP contribution in [0.3, 0.4) is 0 Å². The average molecular weight is 321 g/mol. The van der Waals surface area contributed by atoms with Gasteiger partial charge in [-0.2, -0.15) is 0 Å². The monoisotopic (exact) mass is 321 g/mol. The molecule has 1 saturated heterocycles. The predicted octanol–water partition coefficient (Wildman–Crippen LogP) is 1.79. The van der Waals surface area contributed by atoms with Gasteiger partial charge in [-0.25, -0.2) is 0 Å². The van der Waals surface area contributed by atoms with E-state index in [0.717, 1.165) is 21.4 Å². The average Bonchev–Trinajstić information content (AvgIpc) is 3.07. The van der Waals surface area contributed by atoms with Crippen LogP contribution in [0.15, 0.2) is 18.2 Å². The van der Waals surface area contributed by atoms with Crippen molar-refractivity contribution in [1.29, 1.82) is 0 Å². The summed E-state index contributed by atoms with van der Waals surface area (Å²) in [5.41, 5.74) is 0.918. The van der Waals surface area contributed by atoms with Crippen LogP contribution in [-0.4, -0.2) is 53.4 Å². The highest BCUT2D eigenvalue weighted by Gasteiger charge is 2.35. The van der Waals surface area contributed by atoms with Gasteiger partial charge in [0.2, 0.25) is 0 Å². The number of likely N-dealkylation sites (tertiary alicyclic amines) is 1. The van der Waals surface area contributed by atoms with E-state index < -0.39 is 6.10 Å². The summed E-state index contributed by atoms with van der Waals surface area (Å²) in [6.45, 7) is 2.08. The number of rotatable bonds is 3. The summed E-state index contributed by atoms with van der Waals surface area (Å²) in [4.78, 5) is 15.0. The molecule has 0 aliphatic carbocycles. The van der Waals surface area contributed by atoms with E-state index in [4.69, 9.17) is 4.74 Å². The van der Waals surface area contributed by atoms with Gasteiger partial charge >= 0.3 is 0 Å². The van der Waals surface area contributed by atoms with Crippen molar-refractivity contribution in [1.82, 2.24) is 4.90 Å². The molecule has 1 amide bonds. The Morgan fingerprint density at radius 3 is 2.95 bits per heavy atom.